The molecule has 0 aromatic heterocycles. The summed E-state index contributed by atoms with van der Waals surface area (Å²) in [4.78, 5) is 13.7. The van der Waals surface area contributed by atoms with Crippen molar-refractivity contribution in [3.63, 3.8) is 0 Å². The first-order valence-electron chi connectivity index (χ1n) is 16.0. The minimum atomic E-state index is -4.36. The van der Waals surface area contributed by atoms with E-state index in [1.165, 1.54) is 28.6 Å². The molecule has 0 amide bonds. The third-order valence-electron chi connectivity index (χ3n) is 7.57. The molecule has 3 aromatic carbocycles. The maximum absolute atomic E-state index is 14.0. The number of nitrogens with two attached hydrogens (primary N) is 1. The van der Waals surface area contributed by atoms with E-state index in [9.17, 15) is 30.4 Å². The fourth-order valence-corrected chi connectivity index (χ4v) is 8.26. The van der Waals surface area contributed by atoms with Gasteiger partial charge in [0.15, 0.2) is 0 Å². The van der Waals surface area contributed by atoms with E-state index in [0.29, 0.717) is 19.4 Å². The number of aryl methyl sites for hydroxylation is 1. The van der Waals surface area contributed by atoms with Gasteiger partial charge in [0.1, 0.15) is 23.8 Å². The number of nitrogens with one attached hydrogen (secondary N) is 2. The highest BCUT2D eigenvalue weighted by molar-refractivity contribution is 7.90. The molecule has 14 heteroatoms. The van der Waals surface area contributed by atoms with Crippen LogP contribution in [0.2, 0.25) is 0 Å². The van der Waals surface area contributed by atoms with Crippen LogP contribution < -0.4 is 15.8 Å². The summed E-state index contributed by atoms with van der Waals surface area (Å²) in [5.41, 5.74) is 8.76. The highest BCUT2D eigenvalue weighted by atomic mass is 32.2. The average molecular weight is 709 g/mol. The summed E-state index contributed by atoms with van der Waals surface area (Å²) in [5, 5.41) is 3.19. The maximum Gasteiger partial charge on any atom is 0.325 e. The molecule has 0 heterocycles. The van der Waals surface area contributed by atoms with Crippen LogP contribution in [0.25, 0.3) is 0 Å². The number of hydrogen-bond acceptors (Lipinski definition) is 8. The van der Waals surface area contributed by atoms with Gasteiger partial charge < -0.3 is 15.8 Å². The Hall–Kier alpha value is -3.27. The molecule has 4 N–H and O–H groups in total. The molecule has 0 fully saturated rings. The predicted octanol–water partition coefficient (Wildman–Crippen LogP) is 3.90. The van der Waals surface area contributed by atoms with Gasteiger partial charge in [-0.3, -0.25) is 4.79 Å². The number of esters is 1. The molecule has 264 valence electrons. The minimum absolute atomic E-state index is 0.0241. The Labute approximate surface area is 283 Å². The van der Waals surface area contributed by atoms with Gasteiger partial charge in [0.25, 0.3) is 0 Å². The molecule has 0 saturated carbocycles. The first-order chi connectivity index (χ1) is 22.8. The Morgan fingerprint density at radius 1 is 0.854 bits per heavy atom. The average Bonchev–Trinajstić information content (AvgIpc) is 3.03. The topological polar surface area (TPSA) is 148 Å². The zero-order valence-corrected chi connectivity index (χ0v) is 29.2. The first-order valence-corrected chi connectivity index (χ1v) is 19.1. The third kappa shape index (κ3) is 12.0. The van der Waals surface area contributed by atoms with E-state index in [1.54, 1.807) is 6.07 Å². The van der Waals surface area contributed by atoms with E-state index < -0.39 is 61.6 Å². The van der Waals surface area contributed by atoms with Crippen LogP contribution in [0.3, 0.4) is 0 Å². The molecular weight excluding hydrogens is 663 g/mol. The van der Waals surface area contributed by atoms with Crippen molar-refractivity contribution in [1.29, 1.82) is 0 Å². The van der Waals surface area contributed by atoms with Gasteiger partial charge in [-0.05, 0) is 66.6 Å². The zero-order chi connectivity index (χ0) is 35.3. The van der Waals surface area contributed by atoms with Gasteiger partial charge in [-0.25, -0.2) is 29.9 Å². The second-order valence-corrected chi connectivity index (χ2v) is 15.3. The fourth-order valence-electron chi connectivity index (χ4n) is 5.17. The van der Waals surface area contributed by atoms with Crippen LogP contribution in [0.15, 0.2) is 77.7 Å². The van der Waals surface area contributed by atoms with Crippen LogP contribution in [0.5, 0.6) is 0 Å². The number of benzene rings is 3. The van der Waals surface area contributed by atoms with Crippen LogP contribution in [0.4, 0.5) is 8.78 Å². The molecule has 3 atom stereocenters. The Bertz CT molecular complexity index is 1670. The number of sulfonamides is 2. The van der Waals surface area contributed by atoms with Crippen LogP contribution >= 0.6 is 0 Å². The summed E-state index contributed by atoms with van der Waals surface area (Å²) in [6.07, 6.45) is 0.606. The summed E-state index contributed by atoms with van der Waals surface area (Å²) in [6, 6.07) is 15.2. The monoisotopic (exact) mass is 708 g/mol. The molecule has 0 bridgehead atoms. The van der Waals surface area contributed by atoms with Gasteiger partial charge in [0, 0.05) is 38.3 Å². The van der Waals surface area contributed by atoms with Crippen molar-refractivity contribution < 1.29 is 35.1 Å². The Kier molecular flexibility index (Phi) is 15.1. The number of nitrogens with zero attached hydrogens (tertiary/aromatic N) is 1. The van der Waals surface area contributed by atoms with Crippen molar-refractivity contribution in [2.75, 3.05) is 25.4 Å². The van der Waals surface area contributed by atoms with Gasteiger partial charge in [-0.15, -0.1) is 0 Å². The Morgan fingerprint density at radius 3 is 2.08 bits per heavy atom. The number of carbonyl (C=O) groups is 1. The van der Waals surface area contributed by atoms with Gasteiger partial charge in [0.2, 0.25) is 20.0 Å². The molecule has 0 aliphatic rings. The number of carbonyl (C=O) groups excluding carboxylic acids is 1. The summed E-state index contributed by atoms with van der Waals surface area (Å²) in [7, 11) is -8.51. The molecule has 3 aromatic rings. The quantitative estimate of drug-likeness (QED) is 0.150. The first kappa shape index (κ1) is 39.2. The van der Waals surface area contributed by atoms with Crippen LogP contribution in [0, 0.1) is 11.6 Å². The van der Waals surface area contributed by atoms with E-state index in [2.05, 4.69) is 10.0 Å². The Balaban J connectivity index is 1.92. The zero-order valence-electron chi connectivity index (χ0n) is 27.6. The summed E-state index contributed by atoms with van der Waals surface area (Å²) in [5.74, 6) is -3.66. The number of halogens is 2. The predicted molar refractivity (Wildman–Crippen MR) is 182 cm³/mol. The number of hydrogen-bond donors (Lipinski definition) is 3. The molecule has 3 rings (SSSR count). The third-order valence-corrected chi connectivity index (χ3v) is 11.0. The number of rotatable bonds is 20. The normalized spacial score (nSPS) is 14.1. The van der Waals surface area contributed by atoms with Crippen molar-refractivity contribution >= 4 is 26.0 Å². The smallest absolute Gasteiger partial charge is 0.325 e. The van der Waals surface area contributed by atoms with E-state index in [0.717, 1.165) is 35.7 Å². The molecule has 0 aliphatic heterocycles. The lowest BCUT2D eigenvalue weighted by atomic mass is 10.0. The molecule has 0 radical (unpaired) electrons. The molecular formula is C34H46F2N4O6S2. The SMILES string of the molecule is CCCN(CCC)S(=O)(=O)CC(NS(=O)(=O)c1ccccc1)C(=O)O[C@H](CNCc1cccc(CC)c1)[C@@H](N)Cc1cc(F)cc(F)c1. The van der Waals surface area contributed by atoms with Crippen molar-refractivity contribution in [2.45, 2.75) is 76.1 Å². The highest BCUT2D eigenvalue weighted by Crippen LogP contribution is 2.16. The maximum atomic E-state index is 14.0. The van der Waals surface area contributed by atoms with Crippen molar-refractivity contribution in [1.82, 2.24) is 14.3 Å². The second-order valence-electron chi connectivity index (χ2n) is 11.6. The lowest BCUT2D eigenvalue weighted by Crippen LogP contribution is -2.53. The Morgan fingerprint density at radius 2 is 1.48 bits per heavy atom. The molecule has 0 spiro atoms. The molecule has 48 heavy (non-hydrogen) atoms. The van der Waals surface area contributed by atoms with Crippen molar-refractivity contribution in [3.8, 4) is 0 Å². The standard InChI is InChI=1S/C34H46F2N4O6S2/c1-4-15-40(16-5-2)47(42,43)24-32(39-48(44,45)30-13-8-7-9-14-30)34(41)46-33(23-38-22-26-12-10-11-25(6-3)17-26)31(37)20-27-18-28(35)21-29(36)19-27/h7-14,17-19,21,31-33,38-39H,4-6,15-16,20,22-24,37H2,1-3H3/t31-,32?,33+/m0/s1. The van der Waals surface area contributed by atoms with E-state index in [1.807, 2.05) is 45.0 Å². The van der Waals surface area contributed by atoms with Crippen molar-refractivity contribution in [2.24, 2.45) is 5.73 Å². The fraction of sp³-hybridized carbons (Fsp3) is 0.441. The van der Waals surface area contributed by atoms with Gasteiger partial charge in [-0.1, -0.05) is 63.2 Å². The molecule has 10 nitrogen and oxygen atoms in total. The largest absolute Gasteiger partial charge is 0.458 e. The molecule has 1 unspecified atom stereocenters. The summed E-state index contributed by atoms with van der Waals surface area (Å²) < 4.78 is 90.9. The summed E-state index contributed by atoms with van der Waals surface area (Å²) in [6.45, 7) is 6.36. The van der Waals surface area contributed by atoms with Crippen LogP contribution in [0.1, 0.15) is 50.3 Å². The van der Waals surface area contributed by atoms with Crippen molar-refractivity contribution in [3.05, 3.63) is 101 Å². The van der Waals surface area contributed by atoms with Gasteiger partial charge in [-0.2, -0.15) is 4.72 Å². The highest BCUT2D eigenvalue weighted by Gasteiger charge is 2.36. The number of ether oxygens (including phenoxy) is 1. The van der Waals surface area contributed by atoms with E-state index >= 15 is 0 Å². The van der Waals surface area contributed by atoms with Crippen LogP contribution in [-0.2, 0) is 49.0 Å². The van der Waals surface area contributed by atoms with Gasteiger partial charge >= 0.3 is 5.97 Å². The van der Waals surface area contributed by atoms with E-state index in [-0.39, 0.29) is 36.5 Å². The lowest BCUT2D eigenvalue weighted by molar-refractivity contribution is -0.151. The summed E-state index contributed by atoms with van der Waals surface area (Å²) >= 11 is 0. The van der Waals surface area contributed by atoms with E-state index in [4.69, 9.17) is 10.5 Å². The van der Waals surface area contributed by atoms with Gasteiger partial charge in [0.05, 0.1) is 10.6 Å². The molecule has 0 saturated heterocycles. The second kappa shape index (κ2) is 18.5. The minimum Gasteiger partial charge on any atom is -0.458 e. The molecule has 0 aliphatic carbocycles. The van der Waals surface area contributed by atoms with Crippen LogP contribution in [-0.4, -0.2) is 70.7 Å². The lowest BCUT2D eigenvalue weighted by Gasteiger charge is -2.28.